The van der Waals surface area contributed by atoms with Crippen LogP contribution in [-0.4, -0.2) is 19.6 Å². The molecule has 0 aliphatic rings. The number of nitrogens with one attached hydrogen (secondary N) is 1. The number of hydrogen-bond acceptors (Lipinski definition) is 4. The van der Waals surface area contributed by atoms with Crippen LogP contribution in [0.4, 0.5) is 24.8 Å². The molecule has 0 aliphatic carbocycles. The highest BCUT2D eigenvalue weighted by Crippen LogP contribution is 2.31. The fourth-order valence-corrected chi connectivity index (χ4v) is 1.70. The Morgan fingerprint density at radius 2 is 2.05 bits per heavy atom. The number of halogens is 3. The van der Waals surface area contributed by atoms with Gasteiger partial charge in [0.05, 0.1) is 11.8 Å². The third kappa shape index (κ3) is 2.40. The van der Waals surface area contributed by atoms with Gasteiger partial charge in [-0.05, 0) is 18.2 Å². The number of hydrogen-bond donors (Lipinski definition) is 1. The third-order valence-corrected chi connectivity index (χ3v) is 2.59. The van der Waals surface area contributed by atoms with E-state index in [1.807, 2.05) is 0 Å². The van der Waals surface area contributed by atoms with Gasteiger partial charge in [0.2, 0.25) is 5.95 Å². The minimum Gasteiger partial charge on any atom is -0.323 e. The smallest absolute Gasteiger partial charge is 0.323 e. The fraction of sp³-hybridized carbons (Fsp3) is 0.0833. The van der Waals surface area contributed by atoms with Crippen molar-refractivity contribution in [2.75, 3.05) is 5.32 Å². The van der Waals surface area contributed by atoms with E-state index in [0.29, 0.717) is 5.65 Å². The van der Waals surface area contributed by atoms with Gasteiger partial charge in [0.25, 0.3) is 0 Å². The molecule has 0 spiro atoms. The predicted octanol–water partition coefficient (Wildman–Crippen LogP) is 2.89. The summed E-state index contributed by atoms with van der Waals surface area (Å²) in [6, 6.07) is 4.85. The van der Waals surface area contributed by atoms with Crippen LogP contribution in [0.1, 0.15) is 5.56 Å². The Bertz CT molecular complexity index is 717. The van der Waals surface area contributed by atoms with Crippen molar-refractivity contribution in [1.29, 1.82) is 0 Å². The lowest BCUT2D eigenvalue weighted by molar-refractivity contribution is -0.137. The van der Waals surface area contributed by atoms with Crippen LogP contribution in [0.2, 0.25) is 0 Å². The Kier molecular flexibility index (Phi) is 2.78. The Morgan fingerprint density at radius 1 is 1.20 bits per heavy atom. The minimum absolute atomic E-state index is 0.206. The van der Waals surface area contributed by atoms with Crippen LogP contribution >= 0.6 is 0 Å². The molecule has 0 unspecified atom stereocenters. The number of anilines is 2. The zero-order chi connectivity index (χ0) is 14.2. The molecule has 0 fully saturated rings. The van der Waals surface area contributed by atoms with Crippen molar-refractivity contribution in [2.45, 2.75) is 6.18 Å². The van der Waals surface area contributed by atoms with E-state index >= 15 is 0 Å². The molecular weight excluding hydrogens is 271 g/mol. The zero-order valence-electron chi connectivity index (χ0n) is 9.96. The maximum absolute atomic E-state index is 12.6. The first-order valence-corrected chi connectivity index (χ1v) is 5.63. The number of aromatic nitrogens is 4. The molecule has 2 heterocycles. The average Bonchev–Trinajstić information content (AvgIpc) is 2.80. The number of fused-ring (bicyclic) bond motifs is 1. The van der Waals surface area contributed by atoms with Gasteiger partial charge in [-0.1, -0.05) is 6.07 Å². The number of rotatable bonds is 2. The summed E-state index contributed by atoms with van der Waals surface area (Å²) >= 11 is 0. The van der Waals surface area contributed by atoms with Crippen LogP contribution in [0.5, 0.6) is 0 Å². The highest BCUT2D eigenvalue weighted by atomic mass is 19.4. The van der Waals surface area contributed by atoms with Crippen LogP contribution in [0.15, 0.2) is 42.9 Å². The molecule has 3 rings (SSSR count). The molecule has 0 atom stereocenters. The normalized spacial score (nSPS) is 11.8. The molecule has 0 amide bonds. The molecule has 0 radical (unpaired) electrons. The maximum Gasteiger partial charge on any atom is 0.416 e. The van der Waals surface area contributed by atoms with Gasteiger partial charge < -0.3 is 5.32 Å². The fourth-order valence-electron chi connectivity index (χ4n) is 1.70. The Morgan fingerprint density at radius 3 is 2.80 bits per heavy atom. The van der Waals surface area contributed by atoms with Gasteiger partial charge in [-0.15, -0.1) is 5.10 Å². The summed E-state index contributed by atoms with van der Waals surface area (Å²) in [4.78, 5) is 7.98. The van der Waals surface area contributed by atoms with E-state index in [2.05, 4.69) is 20.4 Å². The van der Waals surface area contributed by atoms with Gasteiger partial charge in [0.15, 0.2) is 5.65 Å². The van der Waals surface area contributed by atoms with Crippen molar-refractivity contribution in [2.24, 2.45) is 0 Å². The molecule has 0 saturated carbocycles. The van der Waals surface area contributed by atoms with Crippen LogP contribution in [0.25, 0.3) is 5.65 Å². The molecule has 3 aromatic rings. The molecule has 5 nitrogen and oxygen atoms in total. The molecule has 1 N–H and O–H groups in total. The highest BCUT2D eigenvalue weighted by molar-refractivity contribution is 5.56. The molecule has 1 aromatic carbocycles. The second-order valence-corrected chi connectivity index (χ2v) is 4.02. The molecule has 102 valence electrons. The third-order valence-electron chi connectivity index (χ3n) is 2.59. The Labute approximate surface area is 111 Å². The topological polar surface area (TPSA) is 55.1 Å². The van der Waals surface area contributed by atoms with E-state index in [4.69, 9.17) is 0 Å². The first-order chi connectivity index (χ1) is 9.52. The number of alkyl halides is 3. The van der Waals surface area contributed by atoms with E-state index in [1.54, 1.807) is 6.20 Å². The van der Waals surface area contributed by atoms with E-state index < -0.39 is 11.7 Å². The zero-order valence-corrected chi connectivity index (χ0v) is 9.96. The van der Waals surface area contributed by atoms with Crippen LogP contribution in [-0.2, 0) is 6.18 Å². The first kappa shape index (κ1) is 12.4. The summed E-state index contributed by atoms with van der Waals surface area (Å²) < 4.78 is 39.3. The molecule has 0 bridgehead atoms. The SMILES string of the molecule is FC(F)(F)c1cccc(Nc2nc3cnccn3n2)c1. The predicted molar refractivity (Wildman–Crippen MR) is 65.5 cm³/mol. The second kappa shape index (κ2) is 4.48. The summed E-state index contributed by atoms with van der Waals surface area (Å²) in [5, 5.41) is 6.81. The highest BCUT2D eigenvalue weighted by Gasteiger charge is 2.30. The summed E-state index contributed by atoms with van der Waals surface area (Å²) in [5.74, 6) is 0.206. The van der Waals surface area contributed by atoms with Gasteiger partial charge in [0.1, 0.15) is 0 Å². The Hall–Kier alpha value is -2.64. The van der Waals surface area contributed by atoms with Crippen LogP contribution in [0, 0.1) is 0 Å². The van der Waals surface area contributed by atoms with E-state index in [-0.39, 0.29) is 11.6 Å². The summed E-state index contributed by atoms with van der Waals surface area (Å²) in [6.07, 6.45) is 0.258. The van der Waals surface area contributed by atoms with Crippen molar-refractivity contribution < 1.29 is 13.2 Å². The molecule has 0 aliphatic heterocycles. The van der Waals surface area contributed by atoms with Gasteiger partial charge in [-0.25, -0.2) is 4.52 Å². The van der Waals surface area contributed by atoms with E-state index in [0.717, 1.165) is 12.1 Å². The summed E-state index contributed by atoms with van der Waals surface area (Å²) in [5.41, 5.74) is 0.0404. The van der Waals surface area contributed by atoms with Gasteiger partial charge >= 0.3 is 6.18 Å². The van der Waals surface area contributed by atoms with Gasteiger partial charge in [-0.2, -0.15) is 18.2 Å². The average molecular weight is 279 g/mol. The second-order valence-electron chi connectivity index (χ2n) is 4.02. The summed E-state index contributed by atoms with van der Waals surface area (Å²) in [7, 11) is 0. The molecule has 2 aromatic heterocycles. The number of benzene rings is 1. The van der Waals surface area contributed by atoms with Gasteiger partial charge in [-0.3, -0.25) is 4.98 Å². The Balaban J connectivity index is 1.91. The van der Waals surface area contributed by atoms with E-state index in [9.17, 15) is 13.2 Å². The summed E-state index contributed by atoms with van der Waals surface area (Å²) in [6.45, 7) is 0. The van der Waals surface area contributed by atoms with Crippen LogP contribution < -0.4 is 5.32 Å². The first-order valence-electron chi connectivity index (χ1n) is 5.63. The van der Waals surface area contributed by atoms with Crippen molar-refractivity contribution in [1.82, 2.24) is 19.6 Å². The minimum atomic E-state index is -4.38. The lowest BCUT2D eigenvalue weighted by Crippen LogP contribution is -2.05. The quantitative estimate of drug-likeness (QED) is 0.783. The monoisotopic (exact) mass is 279 g/mol. The van der Waals surface area contributed by atoms with Crippen molar-refractivity contribution in [3.8, 4) is 0 Å². The van der Waals surface area contributed by atoms with Gasteiger partial charge in [0, 0.05) is 18.1 Å². The van der Waals surface area contributed by atoms with Crippen molar-refractivity contribution in [3.05, 3.63) is 48.4 Å². The maximum atomic E-state index is 12.6. The molecule has 0 saturated heterocycles. The van der Waals surface area contributed by atoms with Crippen molar-refractivity contribution in [3.63, 3.8) is 0 Å². The largest absolute Gasteiger partial charge is 0.416 e. The van der Waals surface area contributed by atoms with E-state index in [1.165, 1.54) is 29.0 Å². The standard InChI is InChI=1S/C12H8F3N5/c13-12(14,15)8-2-1-3-9(6-8)17-11-18-10-7-16-4-5-20(10)19-11/h1-7H,(H,17,19). The van der Waals surface area contributed by atoms with Crippen molar-refractivity contribution >= 4 is 17.3 Å². The number of nitrogens with zero attached hydrogens (tertiary/aromatic N) is 4. The lowest BCUT2D eigenvalue weighted by atomic mass is 10.2. The van der Waals surface area contributed by atoms with Crippen LogP contribution in [0.3, 0.4) is 0 Å². The molecule has 8 heteroatoms. The molecule has 20 heavy (non-hydrogen) atoms. The molecular formula is C12H8F3N5. The lowest BCUT2D eigenvalue weighted by Gasteiger charge is -2.08.